The van der Waals surface area contributed by atoms with Gasteiger partial charge in [-0.2, -0.15) is 0 Å². The summed E-state index contributed by atoms with van der Waals surface area (Å²) in [4.78, 5) is 15.4. The summed E-state index contributed by atoms with van der Waals surface area (Å²) in [5.41, 5.74) is 1.15. The molecule has 21 heavy (non-hydrogen) atoms. The van der Waals surface area contributed by atoms with Gasteiger partial charge in [-0.1, -0.05) is 44.2 Å². The molecular formula is C18H26N2O. The number of hydrogen-bond donors (Lipinski definition) is 1. The zero-order chi connectivity index (χ0) is 14.9. The fraction of sp³-hybridized carbons (Fsp3) is 0.611. The predicted molar refractivity (Wildman–Crippen MR) is 85.2 cm³/mol. The van der Waals surface area contributed by atoms with E-state index in [1.54, 1.807) is 0 Å². The second kappa shape index (κ2) is 5.45. The maximum Gasteiger partial charge on any atom is 0.233 e. The molecule has 0 radical (unpaired) electrons. The number of likely N-dealkylation sites (tertiary alicyclic amines) is 1. The molecule has 0 bridgehead atoms. The average Bonchev–Trinajstić information content (AvgIpc) is 2.88. The molecule has 2 saturated heterocycles. The van der Waals surface area contributed by atoms with Crippen molar-refractivity contribution in [2.75, 3.05) is 26.2 Å². The van der Waals surface area contributed by atoms with Crippen LogP contribution < -0.4 is 5.32 Å². The number of amides is 1. The number of hydrogen-bond acceptors (Lipinski definition) is 2. The van der Waals surface area contributed by atoms with Gasteiger partial charge in [0.1, 0.15) is 0 Å². The minimum absolute atomic E-state index is 0.264. The highest BCUT2D eigenvalue weighted by Crippen LogP contribution is 2.38. The van der Waals surface area contributed by atoms with Gasteiger partial charge in [0.25, 0.3) is 0 Å². The Kier molecular flexibility index (Phi) is 3.78. The van der Waals surface area contributed by atoms with Crippen molar-refractivity contribution < 1.29 is 4.79 Å². The lowest BCUT2D eigenvalue weighted by Crippen LogP contribution is -2.51. The molecule has 0 spiro atoms. The molecule has 0 aliphatic carbocycles. The lowest BCUT2D eigenvalue weighted by Gasteiger charge is -2.39. The Hall–Kier alpha value is -1.35. The highest BCUT2D eigenvalue weighted by atomic mass is 16.2. The molecule has 2 fully saturated rings. The highest BCUT2D eigenvalue weighted by Gasteiger charge is 2.45. The Morgan fingerprint density at radius 2 is 1.76 bits per heavy atom. The number of carbonyl (C=O) groups excluding carboxylic acids is 1. The summed E-state index contributed by atoms with van der Waals surface area (Å²) < 4.78 is 0. The molecule has 3 nitrogen and oxygen atoms in total. The quantitative estimate of drug-likeness (QED) is 0.906. The smallest absolute Gasteiger partial charge is 0.233 e. The Bertz CT molecular complexity index is 503. The molecule has 2 heterocycles. The van der Waals surface area contributed by atoms with E-state index < -0.39 is 0 Å². The molecule has 1 N–H and O–H groups in total. The molecule has 3 heteroatoms. The van der Waals surface area contributed by atoms with Crippen molar-refractivity contribution >= 4 is 5.91 Å². The van der Waals surface area contributed by atoms with E-state index in [1.165, 1.54) is 5.56 Å². The first-order chi connectivity index (χ1) is 10.0. The van der Waals surface area contributed by atoms with E-state index in [1.807, 2.05) is 6.07 Å². The number of carbonyl (C=O) groups is 1. The third-order valence-electron chi connectivity index (χ3n) is 5.16. The van der Waals surface area contributed by atoms with E-state index in [4.69, 9.17) is 0 Å². The van der Waals surface area contributed by atoms with Gasteiger partial charge in [-0.25, -0.2) is 0 Å². The third-order valence-corrected chi connectivity index (χ3v) is 5.16. The molecule has 1 aromatic rings. The summed E-state index contributed by atoms with van der Waals surface area (Å²) >= 11 is 0. The van der Waals surface area contributed by atoms with E-state index in [2.05, 4.69) is 48.3 Å². The molecule has 0 saturated carbocycles. The largest absolute Gasteiger partial charge is 0.341 e. The van der Waals surface area contributed by atoms with Crippen molar-refractivity contribution in [2.45, 2.75) is 38.5 Å². The van der Waals surface area contributed by atoms with E-state index in [0.29, 0.717) is 5.91 Å². The van der Waals surface area contributed by atoms with Gasteiger partial charge in [0, 0.05) is 13.1 Å². The second-order valence-corrected chi connectivity index (χ2v) is 7.34. The van der Waals surface area contributed by atoms with Crippen LogP contribution in [0.2, 0.25) is 0 Å². The Labute approximate surface area is 127 Å². The average molecular weight is 286 g/mol. The SMILES string of the molecule is CC1(C)CCN(C(=O)C2(c3ccccc3)CCNCC2)C1. The third kappa shape index (κ3) is 2.71. The molecule has 3 rings (SSSR count). The van der Waals surface area contributed by atoms with E-state index >= 15 is 0 Å². The summed E-state index contributed by atoms with van der Waals surface area (Å²) in [5.74, 6) is 0.348. The van der Waals surface area contributed by atoms with Gasteiger partial charge in [-0.15, -0.1) is 0 Å². The predicted octanol–water partition coefficient (Wildman–Crippen LogP) is 2.57. The Morgan fingerprint density at radius 3 is 2.33 bits per heavy atom. The zero-order valence-corrected chi connectivity index (χ0v) is 13.2. The molecule has 0 atom stereocenters. The van der Waals surface area contributed by atoms with Crippen molar-refractivity contribution in [3.63, 3.8) is 0 Å². The van der Waals surface area contributed by atoms with Crippen LogP contribution in [-0.4, -0.2) is 37.0 Å². The van der Waals surface area contributed by atoms with E-state index in [-0.39, 0.29) is 10.8 Å². The van der Waals surface area contributed by atoms with Crippen molar-refractivity contribution in [2.24, 2.45) is 5.41 Å². The number of nitrogens with one attached hydrogen (secondary N) is 1. The van der Waals surface area contributed by atoms with Gasteiger partial charge in [-0.05, 0) is 43.3 Å². The van der Waals surface area contributed by atoms with Crippen LogP contribution in [0.1, 0.15) is 38.7 Å². The molecular weight excluding hydrogens is 260 g/mol. The summed E-state index contributed by atoms with van der Waals surface area (Å²) in [7, 11) is 0. The summed E-state index contributed by atoms with van der Waals surface area (Å²) in [5, 5.41) is 3.40. The standard InChI is InChI=1S/C18H26N2O/c1-17(2)10-13-20(14-17)16(21)18(8-11-19-12-9-18)15-6-4-3-5-7-15/h3-7,19H,8-14H2,1-2H3. The van der Waals surface area contributed by atoms with Crippen molar-refractivity contribution in [3.8, 4) is 0 Å². The van der Waals surface area contributed by atoms with Crippen LogP contribution in [0.4, 0.5) is 0 Å². The lowest BCUT2D eigenvalue weighted by atomic mass is 9.72. The minimum Gasteiger partial charge on any atom is -0.341 e. The van der Waals surface area contributed by atoms with Gasteiger partial charge < -0.3 is 10.2 Å². The van der Waals surface area contributed by atoms with Gasteiger partial charge >= 0.3 is 0 Å². The van der Waals surface area contributed by atoms with Gasteiger partial charge in [0.2, 0.25) is 5.91 Å². The maximum absolute atomic E-state index is 13.3. The first-order valence-corrected chi connectivity index (χ1v) is 8.09. The highest BCUT2D eigenvalue weighted by molar-refractivity contribution is 5.88. The van der Waals surface area contributed by atoms with Crippen LogP contribution >= 0.6 is 0 Å². The second-order valence-electron chi connectivity index (χ2n) is 7.34. The molecule has 1 amide bonds. The van der Waals surface area contributed by atoms with Gasteiger partial charge in [0.05, 0.1) is 5.41 Å². The number of rotatable bonds is 2. The van der Waals surface area contributed by atoms with Gasteiger partial charge in [0.15, 0.2) is 0 Å². The molecule has 114 valence electrons. The first-order valence-electron chi connectivity index (χ1n) is 8.09. The van der Waals surface area contributed by atoms with Crippen LogP contribution in [0.3, 0.4) is 0 Å². The van der Waals surface area contributed by atoms with Gasteiger partial charge in [-0.3, -0.25) is 4.79 Å². The fourth-order valence-corrected chi connectivity index (χ4v) is 3.83. The number of benzene rings is 1. The maximum atomic E-state index is 13.3. The van der Waals surface area contributed by atoms with E-state index in [9.17, 15) is 4.79 Å². The Balaban J connectivity index is 1.91. The van der Waals surface area contributed by atoms with Crippen molar-refractivity contribution in [1.29, 1.82) is 0 Å². The first kappa shape index (κ1) is 14.6. The summed E-state index contributed by atoms with van der Waals surface area (Å²) in [6, 6.07) is 10.4. The van der Waals surface area contributed by atoms with Crippen LogP contribution in [0, 0.1) is 5.41 Å². The molecule has 1 aromatic carbocycles. The van der Waals surface area contributed by atoms with Crippen LogP contribution in [0.15, 0.2) is 30.3 Å². The van der Waals surface area contributed by atoms with Crippen molar-refractivity contribution in [3.05, 3.63) is 35.9 Å². The molecule has 2 aliphatic rings. The van der Waals surface area contributed by atoms with Crippen LogP contribution in [0.25, 0.3) is 0 Å². The minimum atomic E-state index is -0.313. The monoisotopic (exact) mass is 286 g/mol. The summed E-state index contributed by atoms with van der Waals surface area (Å²) in [6.07, 6.45) is 2.93. The number of piperidine rings is 1. The molecule has 0 aromatic heterocycles. The topological polar surface area (TPSA) is 32.3 Å². The van der Waals surface area contributed by atoms with Crippen LogP contribution in [0.5, 0.6) is 0 Å². The molecule has 2 aliphatic heterocycles. The Morgan fingerprint density at radius 1 is 1.10 bits per heavy atom. The fourth-order valence-electron chi connectivity index (χ4n) is 3.83. The lowest BCUT2D eigenvalue weighted by molar-refractivity contribution is -0.137. The van der Waals surface area contributed by atoms with Crippen molar-refractivity contribution in [1.82, 2.24) is 10.2 Å². The number of nitrogens with zero attached hydrogens (tertiary/aromatic N) is 1. The molecule has 0 unspecified atom stereocenters. The summed E-state index contributed by atoms with van der Waals surface area (Å²) in [6.45, 7) is 8.19. The zero-order valence-electron chi connectivity index (χ0n) is 13.2. The van der Waals surface area contributed by atoms with E-state index in [0.717, 1.165) is 45.4 Å². The van der Waals surface area contributed by atoms with Crippen LogP contribution in [-0.2, 0) is 10.2 Å². The normalized spacial score (nSPS) is 24.0.